The zero-order chi connectivity index (χ0) is 10.0. The Morgan fingerprint density at radius 2 is 2.15 bits per heavy atom. The van der Waals surface area contributed by atoms with Crippen molar-refractivity contribution in [3.8, 4) is 0 Å². The van der Waals surface area contributed by atoms with Crippen molar-refractivity contribution in [2.24, 2.45) is 0 Å². The quantitative estimate of drug-likeness (QED) is 0.747. The Labute approximate surface area is 98.7 Å². The summed E-state index contributed by atoms with van der Waals surface area (Å²) in [5, 5.41) is 0.629. The lowest BCUT2D eigenvalue weighted by atomic mass is 10.1. The van der Waals surface area contributed by atoms with Gasteiger partial charge in [0.25, 0.3) is 0 Å². The molecule has 13 heavy (non-hydrogen) atoms. The summed E-state index contributed by atoms with van der Waals surface area (Å²) in [7, 11) is 0. The van der Waals surface area contributed by atoms with Crippen molar-refractivity contribution in [1.29, 1.82) is 0 Å². The number of carbonyl (C=O) groups is 1. The predicted molar refractivity (Wildman–Crippen MR) is 61.5 cm³/mol. The minimum absolute atomic E-state index is 0.0583. The standard InChI is InChI=1S/C9H7Br2ClO/c1-5(13)9(11)7-4-6(12)2-3-8(7)10/h2-4,9H,1H3. The van der Waals surface area contributed by atoms with Crippen molar-refractivity contribution in [3.05, 3.63) is 33.3 Å². The van der Waals surface area contributed by atoms with E-state index in [0.29, 0.717) is 5.02 Å². The van der Waals surface area contributed by atoms with Crippen molar-refractivity contribution >= 4 is 49.2 Å². The number of alkyl halides is 1. The monoisotopic (exact) mass is 324 g/mol. The van der Waals surface area contributed by atoms with Crippen LogP contribution in [0.2, 0.25) is 5.02 Å². The van der Waals surface area contributed by atoms with Gasteiger partial charge in [-0.1, -0.05) is 43.5 Å². The maximum Gasteiger partial charge on any atom is 0.147 e. The van der Waals surface area contributed by atoms with Crippen LogP contribution >= 0.6 is 43.5 Å². The molecule has 0 heterocycles. The van der Waals surface area contributed by atoms with E-state index in [0.717, 1.165) is 10.0 Å². The van der Waals surface area contributed by atoms with Crippen LogP contribution in [0.5, 0.6) is 0 Å². The first-order valence-corrected chi connectivity index (χ1v) is 5.70. The number of halogens is 3. The number of carbonyl (C=O) groups excluding carboxylic acids is 1. The van der Waals surface area contributed by atoms with E-state index in [1.807, 2.05) is 6.07 Å². The van der Waals surface area contributed by atoms with E-state index in [9.17, 15) is 4.79 Å². The molecule has 70 valence electrons. The summed E-state index contributed by atoms with van der Waals surface area (Å²) >= 11 is 12.5. The highest BCUT2D eigenvalue weighted by Gasteiger charge is 2.15. The molecule has 4 heteroatoms. The van der Waals surface area contributed by atoms with Crippen LogP contribution in [0.15, 0.2) is 22.7 Å². The van der Waals surface area contributed by atoms with Gasteiger partial charge in [0, 0.05) is 9.50 Å². The minimum Gasteiger partial charge on any atom is -0.298 e. The molecule has 0 bridgehead atoms. The molecular weight excluding hydrogens is 319 g/mol. The molecule has 0 aliphatic rings. The van der Waals surface area contributed by atoms with E-state index in [4.69, 9.17) is 11.6 Å². The largest absolute Gasteiger partial charge is 0.298 e. The van der Waals surface area contributed by atoms with E-state index in [1.165, 1.54) is 6.92 Å². The number of rotatable bonds is 2. The third-order valence-electron chi connectivity index (χ3n) is 1.59. The lowest BCUT2D eigenvalue weighted by Crippen LogP contribution is -2.01. The number of ketones is 1. The van der Waals surface area contributed by atoms with Gasteiger partial charge in [-0.2, -0.15) is 0 Å². The molecule has 1 nitrogen and oxygen atoms in total. The summed E-state index contributed by atoms with van der Waals surface area (Å²) in [6, 6.07) is 5.37. The van der Waals surface area contributed by atoms with E-state index in [1.54, 1.807) is 12.1 Å². The van der Waals surface area contributed by atoms with Gasteiger partial charge in [-0.25, -0.2) is 0 Å². The first-order chi connectivity index (χ1) is 6.02. The molecule has 0 aromatic heterocycles. The van der Waals surface area contributed by atoms with Crippen LogP contribution in [-0.2, 0) is 4.79 Å². The molecule has 1 unspecified atom stereocenters. The molecule has 1 aromatic rings. The van der Waals surface area contributed by atoms with Crippen molar-refractivity contribution in [3.63, 3.8) is 0 Å². The third-order valence-corrected chi connectivity index (χ3v) is 3.68. The average Bonchev–Trinajstić information content (AvgIpc) is 2.08. The highest BCUT2D eigenvalue weighted by molar-refractivity contribution is 9.11. The van der Waals surface area contributed by atoms with Crippen molar-refractivity contribution < 1.29 is 4.79 Å². The van der Waals surface area contributed by atoms with Gasteiger partial charge in [-0.05, 0) is 30.7 Å². The smallest absolute Gasteiger partial charge is 0.147 e. The van der Waals surface area contributed by atoms with Crippen molar-refractivity contribution in [2.45, 2.75) is 11.8 Å². The fraction of sp³-hybridized carbons (Fsp3) is 0.222. The van der Waals surface area contributed by atoms with E-state index in [-0.39, 0.29) is 10.6 Å². The van der Waals surface area contributed by atoms with Crippen molar-refractivity contribution in [1.82, 2.24) is 0 Å². The molecule has 0 saturated heterocycles. The molecule has 1 rings (SSSR count). The van der Waals surface area contributed by atoms with Crippen molar-refractivity contribution in [2.75, 3.05) is 0 Å². The summed E-state index contributed by atoms with van der Waals surface area (Å²) in [6.07, 6.45) is 0. The zero-order valence-electron chi connectivity index (χ0n) is 6.85. The maximum atomic E-state index is 11.1. The molecule has 0 spiro atoms. The van der Waals surface area contributed by atoms with Gasteiger partial charge in [0.15, 0.2) is 0 Å². The molecule has 1 aromatic carbocycles. The fourth-order valence-corrected chi connectivity index (χ4v) is 2.27. The highest BCUT2D eigenvalue weighted by Crippen LogP contribution is 2.32. The first kappa shape index (κ1) is 11.2. The lowest BCUT2D eigenvalue weighted by molar-refractivity contribution is -0.116. The summed E-state index contributed by atoms with van der Waals surface area (Å²) in [4.78, 5) is 10.8. The third kappa shape index (κ3) is 2.79. The number of benzene rings is 1. The van der Waals surface area contributed by atoms with E-state index >= 15 is 0 Å². The fourth-order valence-electron chi connectivity index (χ4n) is 0.928. The molecule has 0 aliphatic carbocycles. The van der Waals surface area contributed by atoms with Gasteiger partial charge in [-0.15, -0.1) is 0 Å². The molecule has 0 radical (unpaired) electrons. The Balaban J connectivity index is 3.12. The van der Waals surface area contributed by atoms with Crippen LogP contribution < -0.4 is 0 Å². The Morgan fingerprint density at radius 3 is 2.69 bits per heavy atom. The molecule has 1 atom stereocenters. The minimum atomic E-state index is -0.291. The van der Waals surface area contributed by atoms with Gasteiger partial charge >= 0.3 is 0 Å². The number of hydrogen-bond acceptors (Lipinski definition) is 1. The Hall–Kier alpha value is 0.140. The van der Waals surface area contributed by atoms with Crippen LogP contribution in [0, 0.1) is 0 Å². The predicted octanol–water partition coefficient (Wildman–Crippen LogP) is 4.13. The molecular formula is C9H7Br2ClO. The van der Waals surface area contributed by atoms with E-state index in [2.05, 4.69) is 31.9 Å². The Kier molecular flexibility index (Phi) is 3.95. The summed E-state index contributed by atoms with van der Waals surface area (Å²) in [5.41, 5.74) is 0.861. The number of Topliss-reactive ketones (excluding diaryl/α,β-unsaturated/α-hetero) is 1. The van der Waals surface area contributed by atoms with Crippen LogP contribution in [0.3, 0.4) is 0 Å². The van der Waals surface area contributed by atoms with Gasteiger partial charge in [0.05, 0.1) is 4.83 Å². The summed E-state index contributed by atoms with van der Waals surface area (Å²) in [6.45, 7) is 1.53. The zero-order valence-corrected chi connectivity index (χ0v) is 10.8. The molecule has 0 N–H and O–H groups in total. The normalized spacial score (nSPS) is 12.6. The second kappa shape index (κ2) is 4.58. The molecule has 0 aliphatic heterocycles. The molecule has 0 fully saturated rings. The Morgan fingerprint density at radius 1 is 1.54 bits per heavy atom. The van der Waals surface area contributed by atoms with Gasteiger partial charge in [0.2, 0.25) is 0 Å². The van der Waals surface area contributed by atoms with Crippen LogP contribution in [0.25, 0.3) is 0 Å². The SMILES string of the molecule is CC(=O)C(Br)c1cc(Cl)ccc1Br. The topological polar surface area (TPSA) is 17.1 Å². The van der Waals surface area contributed by atoms with Crippen LogP contribution in [0.1, 0.15) is 17.3 Å². The second-order valence-electron chi connectivity index (χ2n) is 2.64. The van der Waals surface area contributed by atoms with E-state index < -0.39 is 0 Å². The van der Waals surface area contributed by atoms with Gasteiger partial charge in [0.1, 0.15) is 5.78 Å². The average molecular weight is 326 g/mol. The summed E-state index contributed by atoms with van der Waals surface area (Å²) < 4.78 is 0.883. The molecule has 0 saturated carbocycles. The highest BCUT2D eigenvalue weighted by atomic mass is 79.9. The van der Waals surface area contributed by atoms with Gasteiger partial charge < -0.3 is 0 Å². The lowest BCUT2D eigenvalue weighted by Gasteiger charge is -2.08. The maximum absolute atomic E-state index is 11.1. The second-order valence-corrected chi connectivity index (χ2v) is 4.85. The number of hydrogen-bond donors (Lipinski definition) is 0. The summed E-state index contributed by atoms with van der Waals surface area (Å²) in [5.74, 6) is 0.0583. The first-order valence-electron chi connectivity index (χ1n) is 3.62. The Bertz CT molecular complexity index is 338. The van der Waals surface area contributed by atoms with Gasteiger partial charge in [-0.3, -0.25) is 4.79 Å². The van der Waals surface area contributed by atoms with Crippen LogP contribution in [0.4, 0.5) is 0 Å². The molecule has 0 amide bonds. The van der Waals surface area contributed by atoms with Crippen LogP contribution in [-0.4, -0.2) is 5.78 Å².